The predicted molar refractivity (Wildman–Crippen MR) is 120 cm³/mol. The molecule has 32 heavy (non-hydrogen) atoms. The van der Waals surface area contributed by atoms with E-state index in [1.807, 2.05) is 70.3 Å². The lowest BCUT2D eigenvalue weighted by Gasteiger charge is -2.26. The molecule has 1 fully saturated rings. The second-order valence-corrected chi connectivity index (χ2v) is 7.71. The molecule has 1 aliphatic heterocycles. The number of imidazole rings is 1. The average Bonchev–Trinajstić information content (AvgIpc) is 3.51. The first-order chi connectivity index (χ1) is 15.8. The van der Waals surface area contributed by atoms with Crippen molar-refractivity contribution in [2.24, 2.45) is 0 Å². The van der Waals surface area contributed by atoms with Gasteiger partial charge in [-0.15, -0.1) is 0 Å². The van der Waals surface area contributed by atoms with Gasteiger partial charge in [-0.05, 0) is 36.4 Å². The van der Waals surface area contributed by atoms with E-state index < -0.39 is 0 Å². The van der Waals surface area contributed by atoms with Gasteiger partial charge in [-0.3, -0.25) is 4.79 Å². The molecule has 1 aliphatic rings. The minimum Gasteiger partial charge on any atom is -0.378 e. The fraction of sp³-hybridized carbons (Fsp3) is 0.167. The van der Waals surface area contributed by atoms with Crippen LogP contribution < -0.4 is 0 Å². The van der Waals surface area contributed by atoms with Crippen LogP contribution in [0.15, 0.2) is 67.1 Å². The van der Waals surface area contributed by atoms with Crippen LogP contribution in [0, 0.1) is 0 Å². The smallest absolute Gasteiger partial charge is 0.254 e. The van der Waals surface area contributed by atoms with Gasteiger partial charge in [-0.2, -0.15) is 5.10 Å². The van der Waals surface area contributed by atoms with Crippen molar-refractivity contribution in [3.05, 3.63) is 72.7 Å². The summed E-state index contributed by atoms with van der Waals surface area (Å²) in [7, 11) is 0. The highest BCUT2D eigenvalue weighted by Gasteiger charge is 2.18. The molecule has 0 bridgehead atoms. The molecule has 158 valence electrons. The highest BCUT2D eigenvalue weighted by molar-refractivity contribution is 5.95. The summed E-state index contributed by atoms with van der Waals surface area (Å²) in [5.41, 5.74) is 5.92. The average molecular weight is 424 g/mol. The summed E-state index contributed by atoms with van der Waals surface area (Å²) in [6, 6.07) is 15.5. The zero-order chi connectivity index (χ0) is 21.5. The quantitative estimate of drug-likeness (QED) is 0.480. The summed E-state index contributed by atoms with van der Waals surface area (Å²) in [5, 5.41) is 5.87. The van der Waals surface area contributed by atoms with Crippen LogP contribution in [0.4, 0.5) is 0 Å². The number of morpholine rings is 1. The molecule has 0 unspecified atom stereocenters. The SMILES string of the molecule is O=C(c1ccc(-c2ccc3ncc(-c4ccnc5[nH]ccc45)n3n2)cc1)N1CCOCC1. The zero-order valence-corrected chi connectivity index (χ0v) is 17.2. The van der Waals surface area contributed by atoms with Gasteiger partial charge in [0.15, 0.2) is 5.65 Å². The molecule has 5 aromatic rings. The first-order valence-electron chi connectivity index (χ1n) is 10.5. The van der Waals surface area contributed by atoms with Gasteiger partial charge in [0.2, 0.25) is 0 Å². The normalized spacial score (nSPS) is 14.3. The molecule has 0 radical (unpaired) electrons. The summed E-state index contributed by atoms with van der Waals surface area (Å²) in [6.45, 7) is 2.44. The Balaban J connectivity index is 1.36. The molecule has 0 aliphatic carbocycles. The van der Waals surface area contributed by atoms with Crippen molar-refractivity contribution < 1.29 is 9.53 Å². The highest BCUT2D eigenvalue weighted by Crippen LogP contribution is 2.28. The van der Waals surface area contributed by atoms with Crippen LogP contribution in [0.2, 0.25) is 0 Å². The number of rotatable bonds is 3. The number of carbonyl (C=O) groups excluding carboxylic acids is 1. The Hall–Kier alpha value is -4.04. The number of carbonyl (C=O) groups is 1. The van der Waals surface area contributed by atoms with E-state index in [9.17, 15) is 4.79 Å². The maximum atomic E-state index is 12.7. The van der Waals surface area contributed by atoms with Crippen molar-refractivity contribution in [3.63, 3.8) is 0 Å². The van der Waals surface area contributed by atoms with Crippen LogP contribution in [0.3, 0.4) is 0 Å². The van der Waals surface area contributed by atoms with Crippen LogP contribution in [0.5, 0.6) is 0 Å². The minimum atomic E-state index is 0.0355. The Kier molecular flexibility index (Phi) is 4.43. The lowest BCUT2D eigenvalue weighted by molar-refractivity contribution is 0.0303. The molecule has 0 saturated carbocycles. The molecule has 1 amide bonds. The van der Waals surface area contributed by atoms with Gasteiger partial charge in [0.05, 0.1) is 30.8 Å². The molecule has 8 nitrogen and oxygen atoms in total. The molecular formula is C24H20N6O2. The van der Waals surface area contributed by atoms with E-state index in [0.717, 1.165) is 39.2 Å². The lowest BCUT2D eigenvalue weighted by Crippen LogP contribution is -2.40. The van der Waals surface area contributed by atoms with E-state index in [-0.39, 0.29) is 5.91 Å². The van der Waals surface area contributed by atoms with Crippen molar-refractivity contribution in [1.82, 2.24) is 29.5 Å². The Morgan fingerprint density at radius 3 is 2.66 bits per heavy atom. The van der Waals surface area contributed by atoms with E-state index in [1.54, 1.807) is 6.20 Å². The summed E-state index contributed by atoms with van der Waals surface area (Å²) < 4.78 is 7.19. The largest absolute Gasteiger partial charge is 0.378 e. The van der Waals surface area contributed by atoms with Crippen LogP contribution in [0.1, 0.15) is 10.4 Å². The van der Waals surface area contributed by atoms with Gasteiger partial charge in [0.1, 0.15) is 5.65 Å². The molecule has 1 N–H and O–H groups in total. The molecule has 1 saturated heterocycles. The van der Waals surface area contributed by atoms with E-state index >= 15 is 0 Å². The van der Waals surface area contributed by atoms with E-state index in [1.165, 1.54) is 0 Å². The van der Waals surface area contributed by atoms with Gasteiger partial charge in [-0.25, -0.2) is 14.5 Å². The van der Waals surface area contributed by atoms with Crippen molar-refractivity contribution >= 4 is 22.6 Å². The fourth-order valence-electron chi connectivity index (χ4n) is 4.13. The first-order valence-corrected chi connectivity index (χ1v) is 10.5. The van der Waals surface area contributed by atoms with Gasteiger partial charge >= 0.3 is 0 Å². The third-order valence-corrected chi connectivity index (χ3v) is 5.82. The third-order valence-electron chi connectivity index (χ3n) is 5.82. The lowest BCUT2D eigenvalue weighted by atomic mass is 10.1. The Labute approximate surface area is 183 Å². The zero-order valence-electron chi connectivity index (χ0n) is 17.2. The molecule has 1 aromatic carbocycles. The summed E-state index contributed by atoms with van der Waals surface area (Å²) >= 11 is 0. The van der Waals surface area contributed by atoms with Crippen molar-refractivity contribution in [2.45, 2.75) is 0 Å². The van der Waals surface area contributed by atoms with Crippen molar-refractivity contribution in [2.75, 3.05) is 26.3 Å². The van der Waals surface area contributed by atoms with Gasteiger partial charge in [-0.1, -0.05) is 12.1 Å². The number of nitrogens with one attached hydrogen (secondary N) is 1. The molecule has 8 heteroatoms. The number of aromatic amines is 1. The Bertz CT molecular complexity index is 1430. The molecule has 4 aromatic heterocycles. The summed E-state index contributed by atoms with van der Waals surface area (Å²) in [6.07, 6.45) is 5.49. The molecule has 0 atom stereocenters. The maximum absolute atomic E-state index is 12.7. The summed E-state index contributed by atoms with van der Waals surface area (Å²) in [4.78, 5) is 26.6. The van der Waals surface area contributed by atoms with Crippen molar-refractivity contribution in [3.8, 4) is 22.5 Å². The number of aromatic nitrogens is 5. The summed E-state index contributed by atoms with van der Waals surface area (Å²) in [5.74, 6) is 0.0355. The maximum Gasteiger partial charge on any atom is 0.254 e. The van der Waals surface area contributed by atoms with Gasteiger partial charge in [0, 0.05) is 47.6 Å². The number of H-pyrrole nitrogens is 1. The second kappa shape index (κ2) is 7.58. The topological polar surface area (TPSA) is 88.4 Å². The number of hydrogen-bond donors (Lipinski definition) is 1. The van der Waals surface area contributed by atoms with Crippen molar-refractivity contribution in [1.29, 1.82) is 0 Å². The van der Waals surface area contributed by atoms with Crippen LogP contribution in [-0.2, 0) is 4.74 Å². The number of hydrogen-bond acceptors (Lipinski definition) is 5. The monoisotopic (exact) mass is 424 g/mol. The Morgan fingerprint density at radius 1 is 0.969 bits per heavy atom. The fourth-order valence-corrected chi connectivity index (χ4v) is 4.13. The number of pyridine rings is 1. The van der Waals surface area contributed by atoms with Gasteiger partial charge in [0.25, 0.3) is 5.91 Å². The van der Waals surface area contributed by atoms with Gasteiger partial charge < -0.3 is 14.6 Å². The molecule has 5 heterocycles. The molecule has 0 spiro atoms. The molecular weight excluding hydrogens is 404 g/mol. The first kappa shape index (κ1) is 18.7. The highest BCUT2D eigenvalue weighted by atomic mass is 16.5. The van der Waals surface area contributed by atoms with E-state index in [2.05, 4.69) is 15.0 Å². The Morgan fingerprint density at radius 2 is 1.81 bits per heavy atom. The number of nitrogens with zero attached hydrogens (tertiary/aromatic N) is 5. The number of amides is 1. The number of fused-ring (bicyclic) bond motifs is 2. The van der Waals surface area contributed by atoms with Crippen LogP contribution in [0.25, 0.3) is 39.2 Å². The number of ether oxygens (including phenoxy) is 1. The van der Waals surface area contributed by atoms with Crippen LogP contribution in [-0.4, -0.2) is 61.7 Å². The minimum absolute atomic E-state index is 0.0355. The predicted octanol–water partition coefficient (Wildman–Crippen LogP) is 3.41. The van der Waals surface area contributed by atoms with Crippen LogP contribution >= 0.6 is 0 Å². The third kappa shape index (κ3) is 3.12. The number of benzene rings is 1. The standard InChI is InChI=1S/C24H20N6O2/c31-24(29-11-13-32-14-12-29)17-3-1-16(2-4-17)20-5-6-22-27-15-21(30(22)28-20)18-7-9-25-23-19(18)8-10-26-23/h1-10,15H,11-14H2,(H,25,26). The second-order valence-electron chi connectivity index (χ2n) is 7.71. The molecule has 6 rings (SSSR count). The van der Waals surface area contributed by atoms with E-state index in [0.29, 0.717) is 31.9 Å². The van der Waals surface area contributed by atoms with E-state index in [4.69, 9.17) is 9.84 Å².